The molecule has 0 radical (unpaired) electrons. The molecule has 19 heavy (non-hydrogen) atoms. The lowest BCUT2D eigenvalue weighted by atomic mass is 9.94. The Morgan fingerprint density at radius 1 is 0.632 bits per heavy atom. The molecule has 1 aromatic carbocycles. The van der Waals surface area contributed by atoms with E-state index < -0.39 is 0 Å². The topological polar surface area (TPSA) is 0 Å². The maximum Gasteiger partial charge on any atom is -0.0276 e. The average molecular weight is 260 g/mol. The Labute approximate surface area is 120 Å². The first-order chi connectivity index (χ1) is 9.19. The molecule has 0 nitrogen and oxygen atoms in total. The van der Waals surface area contributed by atoms with Gasteiger partial charge in [-0.25, -0.2) is 0 Å². The van der Waals surface area contributed by atoms with Gasteiger partial charge >= 0.3 is 0 Å². The molecule has 0 spiro atoms. The van der Waals surface area contributed by atoms with Crippen LogP contribution in [-0.4, -0.2) is 0 Å². The van der Waals surface area contributed by atoms with E-state index in [0.29, 0.717) is 0 Å². The summed E-state index contributed by atoms with van der Waals surface area (Å²) in [7, 11) is 0. The van der Waals surface area contributed by atoms with E-state index in [4.69, 9.17) is 0 Å². The summed E-state index contributed by atoms with van der Waals surface area (Å²) in [6.07, 6.45) is 12.0. The first-order valence-corrected chi connectivity index (χ1v) is 8.28. The number of rotatable bonds is 9. The van der Waals surface area contributed by atoms with E-state index in [1.807, 2.05) is 0 Å². The highest BCUT2D eigenvalue weighted by Crippen LogP contribution is 2.20. The van der Waals surface area contributed by atoms with E-state index in [9.17, 15) is 0 Å². The van der Waals surface area contributed by atoms with Gasteiger partial charge in [-0.05, 0) is 61.8 Å². The largest absolute Gasteiger partial charge is 0.0654 e. The van der Waals surface area contributed by atoms with E-state index in [2.05, 4.69) is 39.8 Å². The summed E-state index contributed by atoms with van der Waals surface area (Å²) in [5.41, 5.74) is 6.16. The normalized spacial score (nSPS) is 10.9. The summed E-state index contributed by atoms with van der Waals surface area (Å²) in [6.45, 7) is 9.13. The van der Waals surface area contributed by atoms with E-state index in [1.54, 1.807) is 11.1 Å². The summed E-state index contributed by atoms with van der Waals surface area (Å²) >= 11 is 0. The Hall–Kier alpha value is -0.780. The molecule has 0 saturated carbocycles. The van der Waals surface area contributed by atoms with Gasteiger partial charge in [0.1, 0.15) is 0 Å². The van der Waals surface area contributed by atoms with Crippen molar-refractivity contribution in [3.63, 3.8) is 0 Å². The summed E-state index contributed by atoms with van der Waals surface area (Å²) in [6, 6.07) is 4.89. The van der Waals surface area contributed by atoms with Crippen LogP contribution in [0, 0.1) is 13.8 Å². The number of hydrogen-bond donors (Lipinski definition) is 0. The third kappa shape index (κ3) is 5.80. The SMILES string of the molecule is CCCCCCc1cc(C)c(CCCCC)cc1C. The van der Waals surface area contributed by atoms with E-state index in [0.717, 1.165) is 0 Å². The smallest absolute Gasteiger partial charge is 0.0276 e. The molecular formula is C19H32. The first-order valence-electron chi connectivity index (χ1n) is 8.28. The fourth-order valence-electron chi connectivity index (χ4n) is 2.78. The second kappa shape index (κ2) is 9.18. The Balaban J connectivity index is 2.57. The summed E-state index contributed by atoms with van der Waals surface area (Å²) in [4.78, 5) is 0. The monoisotopic (exact) mass is 260 g/mol. The van der Waals surface area contributed by atoms with E-state index in [-0.39, 0.29) is 0 Å². The molecule has 0 aliphatic rings. The quantitative estimate of drug-likeness (QED) is 0.466. The predicted molar refractivity (Wildman–Crippen MR) is 87.0 cm³/mol. The van der Waals surface area contributed by atoms with Crippen LogP contribution >= 0.6 is 0 Å². The zero-order valence-electron chi connectivity index (χ0n) is 13.5. The fourth-order valence-corrected chi connectivity index (χ4v) is 2.78. The Morgan fingerprint density at radius 3 is 1.53 bits per heavy atom. The number of benzene rings is 1. The molecule has 0 heterocycles. The summed E-state index contributed by atoms with van der Waals surface area (Å²) < 4.78 is 0. The van der Waals surface area contributed by atoms with Crippen molar-refractivity contribution in [1.82, 2.24) is 0 Å². The Morgan fingerprint density at radius 2 is 1.05 bits per heavy atom. The van der Waals surface area contributed by atoms with Crippen molar-refractivity contribution < 1.29 is 0 Å². The van der Waals surface area contributed by atoms with Crippen LogP contribution in [0.15, 0.2) is 12.1 Å². The molecule has 0 saturated heterocycles. The lowest BCUT2D eigenvalue weighted by Gasteiger charge is -2.12. The number of aryl methyl sites for hydroxylation is 4. The fraction of sp³-hybridized carbons (Fsp3) is 0.684. The van der Waals surface area contributed by atoms with Crippen molar-refractivity contribution in [1.29, 1.82) is 0 Å². The average Bonchev–Trinajstić information content (AvgIpc) is 2.39. The maximum atomic E-state index is 2.45. The molecule has 0 N–H and O–H groups in total. The molecule has 1 rings (SSSR count). The van der Waals surface area contributed by atoms with E-state index >= 15 is 0 Å². The molecule has 0 aliphatic heterocycles. The highest BCUT2D eigenvalue weighted by molar-refractivity contribution is 5.37. The van der Waals surface area contributed by atoms with Crippen LogP contribution in [0.5, 0.6) is 0 Å². The molecule has 0 amide bonds. The molecule has 0 fully saturated rings. The minimum absolute atomic E-state index is 1.26. The molecule has 0 aliphatic carbocycles. The molecule has 0 aromatic heterocycles. The lowest BCUT2D eigenvalue weighted by molar-refractivity contribution is 0.665. The molecule has 108 valence electrons. The van der Waals surface area contributed by atoms with Gasteiger partial charge in [-0.1, -0.05) is 58.1 Å². The van der Waals surface area contributed by atoms with Crippen LogP contribution in [0.25, 0.3) is 0 Å². The second-order valence-corrected chi connectivity index (χ2v) is 5.97. The van der Waals surface area contributed by atoms with Crippen LogP contribution in [0.3, 0.4) is 0 Å². The Bertz CT molecular complexity index is 363. The van der Waals surface area contributed by atoms with Gasteiger partial charge in [-0.15, -0.1) is 0 Å². The lowest BCUT2D eigenvalue weighted by Crippen LogP contribution is -1.97. The van der Waals surface area contributed by atoms with Gasteiger partial charge < -0.3 is 0 Å². The van der Waals surface area contributed by atoms with Crippen LogP contribution < -0.4 is 0 Å². The molecule has 0 heteroatoms. The highest BCUT2D eigenvalue weighted by atomic mass is 14.1. The first kappa shape index (κ1) is 16.3. The highest BCUT2D eigenvalue weighted by Gasteiger charge is 2.04. The standard InChI is InChI=1S/C19H32/c1-5-7-9-11-13-19-15-16(3)18(14-17(19)4)12-10-8-6-2/h14-15H,5-13H2,1-4H3. The van der Waals surface area contributed by atoms with Crippen LogP contribution in [0.1, 0.15) is 81.0 Å². The molecular weight excluding hydrogens is 228 g/mol. The summed E-state index contributed by atoms with van der Waals surface area (Å²) in [5, 5.41) is 0. The molecule has 0 atom stereocenters. The zero-order chi connectivity index (χ0) is 14.1. The van der Waals surface area contributed by atoms with Crippen molar-refractivity contribution in [3.05, 3.63) is 34.4 Å². The molecule has 0 bridgehead atoms. The predicted octanol–water partition coefficient (Wildman–Crippen LogP) is 6.16. The van der Waals surface area contributed by atoms with Crippen molar-refractivity contribution in [2.24, 2.45) is 0 Å². The third-order valence-electron chi connectivity index (χ3n) is 4.14. The van der Waals surface area contributed by atoms with E-state index in [1.165, 1.54) is 68.9 Å². The molecule has 1 aromatic rings. The molecule has 0 unspecified atom stereocenters. The number of hydrogen-bond acceptors (Lipinski definition) is 0. The van der Waals surface area contributed by atoms with Gasteiger partial charge in [0, 0.05) is 0 Å². The van der Waals surface area contributed by atoms with Gasteiger partial charge in [0.15, 0.2) is 0 Å². The minimum atomic E-state index is 1.26. The summed E-state index contributed by atoms with van der Waals surface area (Å²) in [5.74, 6) is 0. The Kier molecular flexibility index (Phi) is 7.86. The zero-order valence-corrected chi connectivity index (χ0v) is 13.5. The third-order valence-corrected chi connectivity index (χ3v) is 4.14. The van der Waals surface area contributed by atoms with Gasteiger partial charge in [0.2, 0.25) is 0 Å². The van der Waals surface area contributed by atoms with Crippen molar-refractivity contribution in [2.45, 2.75) is 85.5 Å². The maximum absolute atomic E-state index is 2.45. The van der Waals surface area contributed by atoms with Gasteiger partial charge in [0.05, 0.1) is 0 Å². The van der Waals surface area contributed by atoms with Crippen LogP contribution in [0.2, 0.25) is 0 Å². The minimum Gasteiger partial charge on any atom is -0.0654 e. The van der Waals surface area contributed by atoms with Crippen molar-refractivity contribution >= 4 is 0 Å². The van der Waals surface area contributed by atoms with Crippen LogP contribution in [0.4, 0.5) is 0 Å². The van der Waals surface area contributed by atoms with Gasteiger partial charge in [-0.2, -0.15) is 0 Å². The van der Waals surface area contributed by atoms with Gasteiger partial charge in [-0.3, -0.25) is 0 Å². The van der Waals surface area contributed by atoms with Crippen LogP contribution in [-0.2, 0) is 12.8 Å². The second-order valence-electron chi connectivity index (χ2n) is 5.97. The van der Waals surface area contributed by atoms with Crippen molar-refractivity contribution in [2.75, 3.05) is 0 Å². The van der Waals surface area contributed by atoms with Crippen molar-refractivity contribution in [3.8, 4) is 0 Å². The number of unbranched alkanes of at least 4 members (excludes halogenated alkanes) is 5. The van der Waals surface area contributed by atoms with Gasteiger partial charge in [0.25, 0.3) is 0 Å².